The quantitative estimate of drug-likeness (QED) is 0.506. The molecule has 0 saturated carbocycles. The number of hydrogen-bond donors (Lipinski definition) is 0. The number of benzene rings is 1. The minimum Gasteiger partial charge on any atom is -0.497 e. The Morgan fingerprint density at radius 1 is 1.21 bits per heavy atom. The van der Waals surface area contributed by atoms with Crippen molar-refractivity contribution in [1.29, 1.82) is 0 Å². The highest BCUT2D eigenvalue weighted by molar-refractivity contribution is 5.80. The molecule has 0 N–H and O–H groups in total. The van der Waals surface area contributed by atoms with Gasteiger partial charge < -0.3 is 14.2 Å². The van der Waals surface area contributed by atoms with Crippen LogP contribution >= 0.6 is 0 Å². The molecule has 0 bridgehead atoms. The molecule has 3 heterocycles. The first-order chi connectivity index (χ1) is 16.0. The molecular formula is C26H32N4O3. The molecule has 1 unspecified atom stereocenters. The summed E-state index contributed by atoms with van der Waals surface area (Å²) in [6.45, 7) is 6.77. The zero-order valence-corrected chi connectivity index (χ0v) is 19.9. The fourth-order valence-electron chi connectivity index (χ4n) is 4.41. The number of methoxy groups -OCH3 is 1. The number of nitrogens with zero attached hydrogens (tertiary/aromatic N) is 4. The molecule has 174 valence electrons. The Kier molecular flexibility index (Phi) is 7.06. The van der Waals surface area contributed by atoms with Crippen LogP contribution in [0.4, 0.5) is 0 Å². The fourth-order valence-corrected chi connectivity index (χ4v) is 4.41. The van der Waals surface area contributed by atoms with Crippen LogP contribution in [0.1, 0.15) is 67.0 Å². The van der Waals surface area contributed by atoms with E-state index in [2.05, 4.69) is 17.1 Å². The highest BCUT2D eigenvalue weighted by Crippen LogP contribution is 2.37. The van der Waals surface area contributed by atoms with Gasteiger partial charge in [0.2, 0.25) is 5.91 Å². The summed E-state index contributed by atoms with van der Waals surface area (Å²) < 4.78 is 10.9. The molecule has 3 aromatic rings. The Balaban J connectivity index is 1.69. The predicted molar refractivity (Wildman–Crippen MR) is 126 cm³/mol. The van der Waals surface area contributed by atoms with E-state index in [0.717, 1.165) is 78.3 Å². The van der Waals surface area contributed by atoms with Gasteiger partial charge in [0, 0.05) is 24.7 Å². The van der Waals surface area contributed by atoms with Gasteiger partial charge >= 0.3 is 0 Å². The van der Waals surface area contributed by atoms with Crippen molar-refractivity contribution < 1.29 is 14.1 Å². The third-order valence-corrected chi connectivity index (χ3v) is 6.40. The van der Waals surface area contributed by atoms with Crippen molar-refractivity contribution in [2.45, 2.75) is 65.3 Å². The fraction of sp³-hybridized carbons (Fsp3) is 0.462. The first-order valence-electron chi connectivity index (χ1n) is 11.7. The van der Waals surface area contributed by atoms with Gasteiger partial charge in [-0.15, -0.1) is 0 Å². The van der Waals surface area contributed by atoms with Crippen LogP contribution in [-0.2, 0) is 17.6 Å². The Hall–Kier alpha value is -3.22. The maximum atomic E-state index is 13.5. The number of carbonyl (C=O) groups is 1. The molecule has 7 heteroatoms. The second-order valence-corrected chi connectivity index (χ2v) is 8.68. The number of rotatable bonds is 7. The Morgan fingerprint density at radius 2 is 2.00 bits per heavy atom. The van der Waals surface area contributed by atoms with Gasteiger partial charge in [-0.2, -0.15) is 0 Å². The first kappa shape index (κ1) is 23.0. The average Bonchev–Trinajstić information content (AvgIpc) is 3.17. The summed E-state index contributed by atoms with van der Waals surface area (Å²) in [5, 5.41) is 4.14. The molecule has 1 fully saturated rings. The summed E-state index contributed by atoms with van der Waals surface area (Å²) in [6, 6.07) is 7.58. The molecular weight excluding hydrogens is 416 g/mol. The van der Waals surface area contributed by atoms with Gasteiger partial charge in [0.25, 0.3) is 0 Å². The zero-order valence-electron chi connectivity index (χ0n) is 19.9. The van der Waals surface area contributed by atoms with Crippen LogP contribution in [-0.4, -0.2) is 39.6 Å². The molecule has 1 amide bonds. The molecule has 1 atom stereocenters. The van der Waals surface area contributed by atoms with Crippen molar-refractivity contribution in [3.8, 4) is 17.1 Å². The van der Waals surface area contributed by atoms with Crippen LogP contribution in [0, 0.1) is 13.8 Å². The maximum absolute atomic E-state index is 13.5. The van der Waals surface area contributed by atoms with Gasteiger partial charge in [-0.3, -0.25) is 4.79 Å². The Bertz CT molecular complexity index is 1110. The normalized spacial score (nSPS) is 16.1. The summed E-state index contributed by atoms with van der Waals surface area (Å²) in [4.78, 5) is 25.0. The van der Waals surface area contributed by atoms with Gasteiger partial charge in [-0.1, -0.05) is 24.2 Å². The first-order valence-corrected chi connectivity index (χ1v) is 11.7. The molecule has 1 aromatic carbocycles. The smallest absolute Gasteiger partial charge is 0.227 e. The van der Waals surface area contributed by atoms with E-state index in [4.69, 9.17) is 14.2 Å². The molecule has 2 aromatic heterocycles. The molecule has 1 aliphatic heterocycles. The zero-order chi connectivity index (χ0) is 23.4. The number of aryl methyl sites for hydroxylation is 2. The second-order valence-electron chi connectivity index (χ2n) is 8.68. The van der Waals surface area contributed by atoms with E-state index in [1.54, 1.807) is 7.11 Å². The molecule has 4 rings (SSSR count). The van der Waals surface area contributed by atoms with Crippen molar-refractivity contribution in [2.75, 3.05) is 13.7 Å². The Morgan fingerprint density at radius 3 is 2.67 bits per heavy atom. The minimum absolute atomic E-state index is 0.108. The van der Waals surface area contributed by atoms with E-state index in [-0.39, 0.29) is 11.9 Å². The lowest BCUT2D eigenvalue weighted by atomic mass is 9.94. The SMILES string of the molecule is CCCc1ncc(-c2onc(C)c2C)c(C2CCCCN2C(=O)Cc2ccc(OC)cc2)n1. The molecule has 0 spiro atoms. The van der Waals surface area contributed by atoms with E-state index in [1.807, 2.05) is 49.2 Å². The van der Waals surface area contributed by atoms with E-state index < -0.39 is 0 Å². The Labute approximate surface area is 195 Å². The van der Waals surface area contributed by atoms with Gasteiger partial charge in [0.1, 0.15) is 11.6 Å². The lowest BCUT2D eigenvalue weighted by Gasteiger charge is -2.36. The van der Waals surface area contributed by atoms with Crippen molar-refractivity contribution >= 4 is 5.91 Å². The van der Waals surface area contributed by atoms with E-state index >= 15 is 0 Å². The average molecular weight is 449 g/mol. The number of aromatic nitrogens is 3. The van der Waals surface area contributed by atoms with Crippen LogP contribution in [0.3, 0.4) is 0 Å². The van der Waals surface area contributed by atoms with Crippen molar-refractivity contribution in [3.05, 3.63) is 58.8 Å². The molecule has 1 aliphatic rings. The summed E-state index contributed by atoms with van der Waals surface area (Å²) in [6.07, 6.45) is 6.88. The molecule has 0 aliphatic carbocycles. The second kappa shape index (κ2) is 10.1. The third kappa shape index (κ3) is 4.92. The van der Waals surface area contributed by atoms with Crippen molar-refractivity contribution in [1.82, 2.24) is 20.0 Å². The van der Waals surface area contributed by atoms with E-state index in [9.17, 15) is 4.79 Å². The summed E-state index contributed by atoms with van der Waals surface area (Å²) in [7, 11) is 1.64. The van der Waals surface area contributed by atoms with E-state index in [1.165, 1.54) is 0 Å². The number of ether oxygens (including phenoxy) is 1. The summed E-state index contributed by atoms with van der Waals surface area (Å²) >= 11 is 0. The number of hydrogen-bond acceptors (Lipinski definition) is 6. The van der Waals surface area contributed by atoms with Gasteiger partial charge in [-0.05, 0) is 57.2 Å². The van der Waals surface area contributed by atoms with Gasteiger partial charge in [0.15, 0.2) is 5.76 Å². The third-order valence-electron chi connectivity index (χ3n) is 6.40. The monoisotopic (exact) mass is 448 g/mol. The van der Waals surface area contributed by atoms with Crippen LogP contribution < -0.4 is 4.74 Å². The number of piperidine rings is 1. The number of carbonyl (C=O) groups excluding carboxylic acids is 1. The standard InChI is InChI=1S/C26H32N4O3/c1-5-8-23-27-16-21(26-17(2)18(3)29-33-26)25(28-23)22-9-6-7-14-30(22)24(31)15-19-10-12-20(32-4)13-11-19/h10-13,16,22H,5-9,14-15H2,1-4H3. The highest BCUT2D eigenvalue weighted by atomic mass is 16.5. The maximum Gasteiger partial charge on any atom is 0.227 e. The molecule has 0 radical (unpaired) electrons. The van der Waals surface area contributed by atoms with Crippen LogP contribution in [0.15, 0.2) is 35.0 Å². The number of amides is 1. The lowest BCUT2D eigenvalue weighted by molar-refractivity contribution is -0.134. The predicted octanol–water partition coefficient (Wildman–Crippen LogP) is 5.01. The lowest BCUT2D eigenvalue weighted by Crippen LogP contribution is -2.40. The van der Waals surface area contributed by atoms with Crippen molar-refractivity contribution in [2.24, 2.45) is 0 Å². The molecule has 7 nitrogen and oxygen atoms in total. The van der Waals surface area contributed by atoms with Crippen molar-refractivity contribution in [3.63, 3.8) is 0 Å². The number of likely N-dealkylation sites (tertiary alicyclic amines) is 1. The molecule has 33 heavy (non-hydrogen) atoms. The minimum atomic E-state index is -0.108. The van der Waals surface area contributed by atoms with Gasteiger partial charge in [-0.25, -0.2) is 9.97 Å². The highest BCUT2D eigenvalue weighted by Gasteiger charge is 2.32. The van der Waals surface area contributed by atoms with Crippen LogP contribution in [0.2, 0.25) is 0 Å². The largest absolute Gasteiger partial charge is 0.497 e. The van der Waals surface area contributed by atoms with Gasteiger partial charge in [0.05, 0.1) is 36.5 Å². The molecule has 1 saturated heterocycles. The van der Waals surface area contributed by atoms with Crippen LogP contribution in [0.5, 0.6) is 5.75 Å². The van der Waals surface area contributed by atoms with Crippen LogP contribution in [0.25, 0.3) is 11.3 Å². The topological polar surface area (TPSA) is 81.4 Å². The van der Waals surface area contributed by atoms with E-state index in [0.29, 0.717) is 12.2 Å². The summed E-state index contributed by atoms with van der Waals surface area (Å²) in [5.41, 5.74) is 4.51. The summed E-state index contributed by atoms with van der Waals surface area (Å²) in [5.74, 6) is 2.39.